The van der Waals surface area contributed by atoms with E-state index in [1.165, 1.54) is 12.8 Å². The van der Waals surface area contributed by atoms with Gasteiger partial charge in [-0.25, -0.2) is 0 Å². The van der Waals surface area contributed by atoms with Crippen molar-refractivity contribution in [3.05, 3.63) is 29.3 Å². The topological polar surface area (TPSA) is 105 Å². The highest BCUT2D eigenvalue weighted by molar-refractivity contribution is 5.99. The van der Waals surface area contributed by atoms with Crippen LogP contribution in [0.3, 0.4) is 0 Å². The van der Waals surface area contributed by atoms with Gasteiger partial charge in [-0.1, -0.05) is 12.8 Å². The van der Waals surface area contributed by atoms with Crippen molar-refractivity contribution in [1.82, 2.24) is 9.80 Å². The number of nitrogens with two attached hydrogens (primary N) is 1. The van der Waals surface area contributed by atoms with Crippen LogP contribution in [0.2, 0.25) is 0 Å². The van der Waals surface area contributed by atoms with E-state index in [-0.39, 0.29) is 30.3 Å². The highest BCUT2D eigenvalue weighted by atomic mass is 16.5. The summed E-state index contributed by atoms with van der Waals surface area (Å²) in [6, 6.07) is 5.92. The van der Waals surface area contributed by atoms with Gasteiger partial charge in [0.25, 0.3) is 0 Å². The molecule has 1 aromatic carbocycles. The van der Waals surface area contributed by atoms with E-state index >= 15 is 0 Å². The number of benzene rings is 1. The predicted molar refractivity (Wildman–Crippen MR) is 138 cm³/mol. The number of Topliss-reactive ketones (excluding diaryl/α,β-unsaturated/α-hetero) is 1. The van der Waals surface area contributed by atoms with Crippen molar-refractivity contribution in [3.63, 3.8) is 0 Å². The Bertz CT molecular complexity index is 1060. The number of anilines is 1. The Morgan fingerprint density at radius 2 is 1.81 bits per heavy atom. The van der Waals surface area contributed by atoms with Crippen molar-refractivity contribution in [1.29, 1.82) is 0 Å². The lowest BCUT2D eigenvalue weighted by molar-refractivity contribution is -0.139. The first-order valence-electron chi connectivity index (χ1n) is 13.9. The molecule has 0 radical (unpaired) electrons. The van der Waals surface area contributed by atoms with Gasteiger partial charge >= 0.3 is 0 Å². The molecule has 0 aromatic heterocycles. The van der Waals surface area contributed by atoms with E-state index in [4.69, 9.17) is 15.2 Å². The maximum absolute atomic E-state index is 14.4. The van der Waals surface area contributed by atoms with Crippen LogP contribution in [0.5, 0.6) is 0 Å². The Kier molecular flexibility index (Phi) is 6.71. The molecular formula is C28H38N4O5. The van der Waals surface area contributed by atoms with E-state index < -0.39 is 24.0 Å². The standard InChI is InChI=1S/C28H38N4O5/c1-36-23-15-32(25-22(33)16-37-26(23)25)28(35)24(17-4-2-3-5-17)21-14-19(8-9-20(21)27(29)34)31-12-10-30(11-13-31)18-6-7-18/h8-9,14,17-18,23-26H,2-7,10-13,15-16H2,1H3,(H2,29,34)/t23-,24+,25-,26-/m1/s1. The van der Waals surface area contributed by atoms with Gasteiger partial charge in [0, 0.05) is 50.6 Å². The van der Waals surface area contributed by atoms with Crippen molar-refractivity contribution in [3.8, 4) is 0 Å². The monoisotopic (exact) mass is 510 g/mol. The fraction of sp³-hybridized carbons (Fsp3) is 0.679. The maximum Gasteiger partial charge on any atom is 0.249 e. The fourth-order valence-electron chi connectivity index (χ4n) is 7.12. The highest BCUT2D eigenvalue weighted by Crippen LogP contribution is 2.43. The van der Waals surface area contributed by atoms with Crippen LogP contribution in [-0.2, 0) is 19.1 Å². The molecule has 0 spiro atoms. The lowest BCUT2D eigenvalue weighted by Gasteiger charge is -2.37. The molecule has 2 N–H and O–H groups in total. The van der Waals surface area contributed by atoms with Crippen LogP contribution < -0.4 is 10.6 Å². The van der Waals surface area contributed by atoms with Crippen molar-refractivity contribution in [2.45, 2.75) is 68.7 Å². The van der Waals surface area contributed by atoms with Gasteiger partial charge in [0.05, 0.1) is 12.5 Å². The Balaban J connectivity index is 1.34. The molecule has 3 saturated heterocycles. The largest absolute Gasteiger partial charge is 0.377 e. The zero-order chi connectivity index (χ0) is 25.7. The van der Waals surface area contributed by atoms with Crippen LogP contribution in [-0.4, -0.2) is 98.1 Å². The first-order valence-corrected chi connectivity index (χ1v) is 13.9. The summed E-state index contributed by atoms with van der Waals surface area (Å²) < 4.78 is 11.3. The second-order valence-electron chi connectivity index (χ2n) is 11.4. The molecule has 2 aliphatic carbocycles. The number of likely N-dealkylation sites (tertiary alicyclic amines) is 1. The number of ether oxygens (including phenoxy) is 2. The molecule has 9 nitrogen and oxygen atoms in total. The molecule has 2 saturated carbocycles. The van der Waals surface area contributed by atoms with Crippen molar-refractivity contribution in [2.24, 2.45) is 11.7 Å². The lowest BCUT2D eigenvalue weighted by atomic mass is 9.80. The van der Waals surface area contributed by atoms with Gasteiger partial charge in [-0.05, 0) is 55.4 Å². The minimum absolute atomic E-state index is 0.00191. The number of piperazine rings is 1. The van der Waals surface area contributed by atoms with Gasteiger partial charge in [-0.2, -0.15) is 0 Å². The van der Waals surface area contributed by atoms with E-state index in [0.29, 0.717) is 17.7 Å². The number of nitrogens with zero attached hydrogens (tertiary/aromatic N) is 3. The summed E-state index contributed by atoms with van der Waals surface area (Å²) >= 11 is 0. The molecule has 1 aromatic rings. The van der Waals surface area contributed by atoms with E-state index in [2.05, 4.69) is 9.80 Å². The van der Waals surface area contributed by atoms with Crippen LogP contribution >= 0.6 is 0 Å². The van der Waals surface area contributed by atoms with Gasteiger partial charge in [0.1, 0.15) is 24.9 Å². The minimum atomic E-state index is -0.628. The highest BCUT2D eigenvalue weighted by Gasteiger charge is 2.54. The molecular weight excluding hydrogens is 472 g/mol. The van der Waals surface area contributed by atoms with Crippen molar-refractivity contribution < 1.29 is 23.9 Å². The number of rotatable bonds is 7. The molecule has 5 fully saturated rings. The molecule has 9 heteroatoms. The molecule has 4 atom stereocenters. The number of carbonyl (C=O) groups is 3. The third kappa shape index (κ3) is 4.55. The van der Waals surface area contributed by atoms with Crippen LogP contribution in [0.1, 0.15) is 60.4 Å². The number of hydrogen-bond acceptors (Lipinski definition) is 7. The molecule has 6 rings (SSSR count). The Labute approximate surface area is 218 Å². The second-order valence-corrected chi connectivity index (χ2v) is 11.4. The smallest absolute Gasteiger partial charge is 0.249 e. The van der Waals surface area contributed by atoms with E-state index in [0.717, 1.165) is 63.6 Å². The Morgan fingerprint density at radius 1 is 1.08 bits per heavy atom. The molecule has 200 valence electrons. The summed E-state index contributed by atoms with van der Waals surface area (Å²) in [5.74, 6) is -1.14. The van der Waals surface area contributed by atoms with E-state index in [1.807, 2.05) is 12.1 Å². The first kappa shape index (κ1) is 24.8. The minimum Gasteiger partial charge on any atom is -0.377 e. The van der Waals surface area contributed by atoms with Crippen LogP contribution in [0.15, 0.2) is 18.2 Å². The van der Waals surface area contributed by atoms with Crippen molar-refractivity contribution in [2.75, 3.05) is 51.3 Å². The van der Waals surface area contributed by atoms with Crippen molar-refractivity contribution >= 4 is 23.3 Å². The fourth-order valence-corrected chi connectivity index (χ4v) is 7.12. The summed E-state index contributed by atoms with van der Waals surface area (Å²) in [6.07, 6.45) is 5.77. The number of methoxy groups -OCH3 is 1. The van der Waals surface area contributed by atoms with Gasteiger partial charge in [-0.15, -0.1) is 0 Å². The molecule has 0 bridgehead atoms. The molecule has 37 heavy (non-hydrogen) atoms. The lowest BCUT2D eigenvalue weighted by Crippen LogP contribution is -2.47. The molecule has 2 amide bonds. The normalized spacial score (nSPS) is 29.6. The summed E-state index contributed by atoms with van der Waals surface area (Å²) in [6.45, 7) is 4.21. The van der Waals surface area contributed by atoms with Gasteiger partial charge in [0.15, 0.2) is 5.78 Å². The zero-order valence-electron chi connectivity index (χ0n) is 21.6. The van der Waals surface area contributed by atoms with Gasteiger partial charge < -0.3 is 25.0 Å². The van der Waals surface area contributed by atoms with Gasteiger partial charge in [0.2, 0.25) is 11.8 Å². The number of fused-ring (bicyclic) bond motifs is 1. The maximum atomic E-state index is 14.4. The summed E-state index contributed by atoms with van der Waals surface area (Å²) in [4.78, 5) is 46.3. The average Bonchev–Trinajstić information content (AvgIpc) is 3.30. The average molecular weight is 511 g/mol. The summed E-state index contributed by atoms with van der Waals surface area (Å²) in [7, 11) is 1.59. The predicted octanol–water partition coefficient (Wildman–Crippen LogP) is 1.54. The molecule has 3 heterocycles. The summed E-state index contributed by atoms with van der Waals surface area (Å²) in [5, 5.41) is 0. The SMILES string of the molecule is CO[C@@H]1CN(C(=O)[C@H](c2cc(N3CCN(C4CC4)CC3)ccc2C(N)=O)C2CCCC2)[C@@H]2C(=O)CO[C@@H]21. The van der Waals surface area contributed by atoms with Crippen LogP contribution in [0.4, 0.5) is 5.69 Å². The Hall–Kier alpha value is -2.49. The summed E-state index contributed by atoms with van der Waals surface area (Å²) in [5.41, 5.74) is 8.00. The second kappa shape index (κ2) is 10.0. The number of primary amides is 1. The quantitative estimate of drug-likeness (QED) is 0.593. The molecule has 5 aliphatic rings. The molecule has 0 unspecified atom stereocenters. The van der Waals surface area contributed by atoms with E-state index in [9.17, 15) is 14.4 Å². The number of carbonyl (C=O) groups excluding carboxylic acids is 3. The zero-order valence-corrected chi connectivity index (χ0v) is 21.6. The Morgan fingerprint density at radius 3 is 2.46 bits per heavy atom. The third-order valence-electron chi connectivity index (χ3n) is 9.24. The number of amides is 2. The van der Waals surface area contributed by atoms with Gasteiger partial charge in [-0.3, -0.25) is 19.3 Å². The first-order chi connectivity index (χ1) is 18.0. The molecule has 3 aliphatic heterocycles. The number of ketones is 1. The number of hydrogen-bond donors (Lipinski definition) is 1. The third-order valence-corrected chi connectivity index (χ3v) is 9.24. The van der Waals surface area contributed by atoms with E-state index in [1.54, 1.807) is 18.1 Å². The van der Waals surface area contributed by atoms with Crippen LogP contribution in [0, 0.1) is 5.92 Å². The van der Waals surface area contributed by atoms with Crippen LogP contribution in [0.25, 0.3) is 0 Å².